The molecule has 26 heavy (non-hydrogen) atoms. The molecular formula is C24H27NO. The summed E-state index contributed by atoms with van der Waals surface area (Å²) in [5, 5.41) is 0. The van der Waals surface area contributed by atoms with Gasteiger partial charge >= 0.3 is 0 Å². The molecule has 3 aromatic rings. The number of ether oxygens (including phenoxy) is 1. The number of hydrogen-bond acceptors (Lipinski definition) is 2. The molecule has 0 spiro atoms. The Hall–Kier alpha value is -2.61. The Labute approximate surface area is 156 Å². The van der Waals surface area contributed by atoms with Crippen molar-refractivity contribution in [2.24, 2.45) is 0 Å². The van der Waals surface area contributed by atoms with Crippen LogP contribution in [0.2, 0.25) is 0 Å². The lowest BCUT2D eigenvalue weighted by Gasteiger charge is -2.13. The monoisotopic (exact) mass is 345 g/mol. The maximum Gasteiger partial charge on any atom is 0.119 e. The van der Waals surface area contributed by atoms with Gasteiger partial charge in [-0.1, -0.05) is 62.7 Å². The molecule has 0 bridgehead atoms. The summed E-state index contributed by atoms with van der Waals surface area (Å²) in [7, 11) is 0. The second kappa shape index (κ2) is 8.66. The van der Waals surface area contributed by atoms with Gasteiger partial charge in [0.05, 0.1) is 6.61 Å². The number of hydrogen-bond donors (Lipinski definition) is 0. The van der Waals surface area contributed by atoms with Crippen LogP contribution in [0.4, 0.5) is 0 Å². The summed E-state index contributed by atoms with van der Waals surface area (Å²) in [6.45, 7) is 7.12. The molecule has 1 aromatic heterocycles. The summed E-state index contributed by atoms with van der Waals surface area (Å²) in [5.74, 6) is 1.26. The molecule has 1 heterocycles. The van der Waals surface area contributed by atoms with Gasteiger partial charge in [0.25, 0.3) is 0 Å². The van der Waals surface area contributed by atoms with Crippen LogP contribution in [0, 0.1) is 0 Å². The fourth-order valence-corrected chi connectivity index (χ4v) is 3.16. The average Bonchev–Trinajstić information content (AvgIpc) is 2.69. The molecule has 2 heteroatoms. The van der Waals surface area contributed by atoms with E-state index in [1.54, 1.807) is 0 Å². The van der Waals surface area contributed by atoms with E-state index in [2.05, 4.69) is 67.4 Å². The molecule has 0 aliphatic carbocycles. The highest BCUT2D eigenvalue weighted by Gasteiger charge is 2.09. The van der Waals surface area contributed by atoms with Crippen LogP contribution in [0.1, 0.15) is 49.9 Å². The Morgan fingerprint density at radius 3 is 1.96 bits per heavy atom. The molecule has 0 aliphatic rings. The molecule has 0 saturated heterocycles. The molecule has 2 aromatic carbocycles. The molecule has 0 aliphatic heterocycles. The van der Waals surface area contributed by atoms with Crippen LogP contribution in [0.25, 0.3) is 11.1 Å². The summed E-state index contributed by atoms with van der Waals surface area (Å²) in [6.07, 6.45) is 4.20. The van der Waals surface area contributed by atoms with Gasteiger partial charge in [-0.05, 0) is 53.8 Å². The van der Waals surface area contributed by atoms with Crippen molar-refractivity contribution < 1.29 is 4.74 Å². The van der Waals surface area contributed by atoms with Crippen LogP contribution in [0.5, 0.6) is 5.75 Å². The van der Waals surface area contributed by atoms with E-state index < -0.39 is 0 Å². The van der Waals surface area contributed by atoms with Gasteiger partial charge in [-0.15, -0.1) is 0 Å². The first kappa shape index (κ1) is 18.2. The van der Waals surface area contributed by atoms with Crippen LogP contribution >= 0.6 is 0 Å². The van der Waals surface area contributed by atoms with E-state index in [1.807, 2.05) is 25.3 Å². The minimum absolute atomic E-state index is 0.340. The second-order valence-corrected chi connectivity index (χ2v) is 6.63. The Morgan fingerprint density at radius 2 is 1.42 bits per heavy atom. The van der Waals surface area contributed by atoms with Crippen LogP contribution in [0.3, 0.4) is 0 Å². The van der Waals surface area contributed by atoms with Crippen LogP contribution in [-0.4, -0.2) is 11.6 Å². The van der Waals surface area contributed by atoms with Gasteiger partial charge in [-0.3, -0.25) is 4.98 Å². The number of pyridine rings is 1. The molecule has 0 N–H and O–H groups in total. The smallest absolute Gasteiger partial charge is 0.119 e. The normalized spacial score (nSPS) is 12.0. The van der Waals surface area contributed by atoms with Crippen LogP contribution in [-0.2, 0) is 6.42 Å². The molecule has 0 amide bonds. The summed E-state index contributed by atoms with van der Waals surface area (Å²) < 4.78 is 5.51. The largest absolute Gasteiger partial charge is 0.494 e. The molecule has 3 rings (SSSR count). The number of aryl methyl sites for hydroxylation is 1. The van der Waals surface area contributed by atoms with Crippen molar-refractivity contribution in [2.75, 3.05) is 6.61 Å². The molecule has 1 atom stereocenters. The van der Waals surface area contributed by atoms with E-state index >= 15 is 0 Å². The summed E-state index contributed by atoms with van der Waals surface area (Å²) >= 11 is 0. The molecular weight excluding hydrogens is 318 g/mol. The van der Waals surface area contributed by atoms with Crippen molar-refractivity contribution in [1.29, 1.82) is 0 Å². The lowest BCUT2D eigenvalue weighted by molar-refractivity contribution is 0.340. The van der Waals surface area contributed by atoms with E-state index in [0.717, 1.165) is 18.6 Å². The molecule has 134 valence electrons. The number of rotatable bonds is 7. The number of nitrogens with zero attached hydrogens (tertiary/aromatic N) is 1. The summed E-state index contributed by atoms with van der Waals surface area (Å²) in [6, 6.07) is 21.5. The van der Waals surface area contributed by atoms with Gasteiger partial charge in [0, 0.05) is 17.8 Å². The zero-order valence-electron chi connectivity index (χ0n) is 15.9. The van der Waals surface area contributed by atoms with E-state index in [9.17, 15) is 0 Å². The van der Waals surface area contributed by atoms with Gasteiger partial charge in [-0.25, -0.2) is 0 Å². The first-order valence-corrected chi connectivity index (χ1v) is 9.49. The van der Waals surface area contributed by atoms with E-state index in [1.165, 1.54) is 27.9 Å². The first-order valence-electron chi connectivity index (χ1n) is 9.49. The first-order chi connectivity index (χ1) is 12.7. The average molecular weight is 345 g/mol. The van der Waals surface area contributed by atoms with Gasteiger partial charge in [0.15, 0.2) is 0 Å². The van der Waals surface area contributed by atoms with Crippen molar-refractivity contribution in [1.82, 2.24) is 4.98 Å². The van der Waals surface area contributed by atoms with Crippen molar-refractivity contribution >= 4 is 0 Å². The highest BCUT2D eigenvalue weighted by atomic mass is 16.5. The standard InChI is InChI=1S/C24H27NO/c1-4-6-23-14-11-22(17-25-23)18(3)19-7-9-20(10-8-19)21-12-15-24(16-13-21)26-5-2/h7-18H,4-6H2,1-3H3. The van der Waals surface area contributed by atoms with Crippen LogP contribution in [0.15, 0.2) is 66.9 Å². The lowest BCUT2D eigenvalue weighted by Crippen LogP contribution is -1.98. The van der Waals surface area contributed by atoms with E-state index in [0.29, 0.717) is 12.5 Å². The maximum absolute atomic E-state index is 5.51. The predicted molar refractivity (Wildman–Crippen MR) is 109 cm³/mol. The van der Waals surface area contributed by atoms with Crippen molar-refractivity contribution in [3.8, 4) is 16.9 Å². The highest BCUT2D eigenvalue weighted by Crippen LogP contribution is 2.28. The minimum atomic E-state index is 0.340. The van der Waals surface area contributed by atoms with Crippen molar-refractivity contribution in [3.05, 3.63) is 83.7 Å². The van der Waals surface area contributed by atoms with Gasteiger partial charge in [0.2, 0.25) is 0 Å². The number of benzene rings is 2. The molecule has 2 nitrogen and oxygen atoms in total. The molecule has 0 radical (unpaired) electrons. The third-order valence-corrected chi connectivity index (χ3v) is 4.76. The third-order valence-electron chi connectivity index (χ3n) is 4.76. The Morgan fingerprint density at radius 1 is 0.808 bits per heavy atom. The SMILES string of the molecule is CCCc1ccc(C(C)c2ccc(-c3ccc(OCC)cc3)cc2)cn1. The third kappa shape index (κ3) is 4.32. The summed E-state index contributed by atoms with van der Waals surface area (Å²) in [5.41, 5.74) is 6.18. The Kier molecular flexibility index (Phi) is 6.06. The van der Waals surface area contributed by atoms with Crippen molar-refractivity contribution in [3.63, 3.8) is 0 Å². The Bertz CT molecular complexity index is 804. The van der Waals surface area contributed by atoms with Gasteiger partial charge < -0.3 is 4.74 Å². The molecule has 0 fully saturated rings. The van der Waals surface area contributed by atoms with Gasteiger partial charge in [-0.2, -0.15) is 0 Å². The van der Waals surface area contributed by atoms with E-state index in [4.69, 9.17) is 4.74 Å². The Balaban J connectivity index is 1.73. The molecule has 1 unspecified atom stereocenters. The van der Waals surface area contributed by atoms with Gasteiger partial charge in [0.1, 0.15) is 5.75 Å². The minimum Gasteiger partial charge on any atom is -0.494 e. The fourth-order valence-electron chi connectivity index (χ4n) is 3.16. The molecule has 0 saturated carbocycles. The topological polar surface area (TPSA) is 22.1 Å². The number of aromatic nitrogens is 1. The second-order valence-electron chi connectivity index (χ2n) is 6.63. The maximum atomic E-state index is 5.51. The summed E-state index contributed by atoms with van der Waals surface area (Å²) in [4.78, 5) is 4.59. The quantitative estimate of drug-likeness (QED) is 0.505. The van der Waals surface area contributed by atoms with Crippen molar-refractivity contribution in [2.45, 2.75) is 39.5 Å². The van der Waals surface area contributed by atoms with E-state index in [-0.39, 0.29) is 0 Å². The zero-order chi connectivity index (χ0) is 18.4. The predicted octanol–water partition coefficient (Wildman–Crippen LogP) is 6.25. The van der Waals surface area contributed by atoms with Crippen LogP contribution < -0.4 is 4.74 Å². The zero-order valence-corrected chi connectivity index (χ0v) is 15.9. The highest BCUT2D eigenvalue weighted by molar-refractivity contribution is 5.64. The fraction of sp³-hybridized carbons (Fsp3) is 0.292. The lowest BCUT2D eigenvalue weighted by atomic mass is 9.92.